The predicted octanol–water partition coefficient (Wildman–Crippen LogP) is 7.75. The van der Waals surface area contributed by atoms with Crippen LogP contribution in [0.25, 0.3) is 0 Å². The van der Waals surface area contributed by atoms with Crippen molar-refractivity contribution < 1.29 is 14.3 Å². The molecule has 4 aliphatic carbocycles. The van der Waals surface area contributed by atoms with Crippen LogP contribution >= 0.6 is 0 Å². The molecule has 39 heavy (non-hydrogen) atoms. The Bertz CT molecular complexity index is 827. The number of fused-ring (bicyclic) bond motifs is 5. The maximum Gasteiger partial charge on any atom is 0.315 e. The number of carbonyl (C=O) groups is 1. The Kier molecular flexibility index (Phi) is 10.9. The summed E-state index contributed by atoms with van der Waals surface area (Å²) in [5, 5.41) is 6.31. The molecule has 0 saturated heterocycles. The van der Waals surface area contributed by atoms with Gasteiger partial charge in [0.15, 0.2) is 0 Å². The molecule has 0 heterocycles. The van der Waals surface area contributed by atoms with Crippen molar-refractivity contribution in [2.75, 3.05) is 33.5 Å². The van der Waals surface area contributed by atoms with Crippen LogP contribution in [0.4, 0.5) is 4.79 Å². The summed E-state index contributed by atoms with van der Waals surface area (Å²) in [6.07, 6.45) is 18.0. The lowest BCUT2D eigenvalue weighted by Crippen LogP contribution is -2.52. The van der Waals surface area contributed by atoms with Gasteiger partial charge in [0.05, 0.1) is 13.2 Å². The number of hydrogen-bond acceptors (Lipinski definition) is 3. The third kappa shape index (κ3) is 7.05. The molecule has 0 radical (unpaired) electrons. The smallest absolute Gasteiger partial charge is 0.315 e. The molecular formula is C34H60N2O3. The molecule has 2 amide bonds. The lowest BCUT2D eigenvalue weighted by atomic mass is 9.47. The van der Waals surface area contributed by atoms with Crippen LogP contribution < -0.4 is 10.6 Å². The predicted molar refractivity (Wildman–Crippen MR) is 161 cm³/mol. The highest BCUT2D eigenvalue weighted by atomic mass is 16.5. The topological polar surface area (TPSA) is 59.6 Å². The molecule has 0 aliphatic heterocycles. The number of ether oxygens (including phenoxy) is 2. The average molecular weight is 545 g/mol. The van der Waals surface area contributed by atoms with Crippen LogP contribution in [-0.4, -0.2) is 45.5 Å². The van der Waals surface area contributed by atoms with Crippen molar-refractivity contribution in [2.45, 2.75) is 118 Å². The van der Waals surface area contributed by atoms with Crippen molar-refractivity contribution in [3.05, 3.63) is 11.6 Å². The van der Waals surface area contributed by atoms with Crippen molar-refractivity contribution in [2.24, 2.45) is 46.3 Å². The highest BCUT2D eigenvalue weighted by Crippen LogP contribution is 2.67. The van der Waals surface area contributed by atoms with Gasteiger partial charge in [-0.25, -0.2) is 4.79 Å². The zero-order chi connectivity index (χ0) is 28.0. The minimum Gasteiger partial charge on any atom is -0.382 e. The van der Waals surface area contributed by atoms with E-state index in [1.165, 1.54) is 57.8 Å². The normalized spacial score (nSPS) is 36.5. The first kappa shape index (κ1) is 30.9. The Labute approximate surface area is 240 Å². The van der Waals surface area contributed by atoms with Gasteiger partial charge in [0.2, 0.25) is 0 Å². The number of urea groups is 1. The minimum absolute atomic E-state index is 0.0253. The molecule has 4 rings (SSSR count). The summed E-state index contributed by atoms with van der Waals surface area (Å²) >= 11 is 0. The average Bonchev–Trinajstić information content (AvgIpc) is 3.25. The van der Waals surface area contributed by atoms with Crippen LogP contribution in [0.3, 0.4) is 0 Å². The van der Waals surface area contributed by atoms with Crippen LogP contribution in [0.5, 0.6) is 0 Å². The molecule has 0 spiro atoms. The Balaban J connectivity index is 1.29. The SMILES string of the molecule is COCCOCCCNC(=O)N[C@H]1CC[C@@]2(C)C(=CC[C@H]3[C@@H]4CC[C@H](C(C)CCCC(C)C)[C@@]4(C)CC[C@@H]32)C1. The number of methoxy groups -OCH3 is 1. The van der Waals surface area contributed by atoms with Crippen LogP contribution in [0.1, 0.15) is 112 Å². The zero-order valence-electron chi connectivity index (χ0n) is 26.2. The molecule has 0 aromatic carbocycles. The molecule has 1 unspecified atom stereocenters. The third-order valence-electron chi connectivity index (χ3n) is 11.8. The van der Waals surface area contributed by atoms with Crippen LogP contribution in [-0.2, 0) is 9.47 Å². The number of carbonyl (C=O) groups excluding carboxylic acids is 1. The number of allylic oxidation sites excluding steroid dienone is 1. The Morgan fingerprint density at radius 2 is 1.82 bits per heavy atom. The van der Waals surface area contributed by atoms with E-state index >= 15 is 0 Å². The summed E-state index contributed by atoms with van der Waals surface area (Å²) in [5.74, 6) is 5.23. The van der Waals surface area contributed by atoms with Crippen molar-refractivity contribution in [1.82, 2.24) is 10.6 Å². The molecule has 5 heteroatoms. The van der Waals surface area contributed by atoms with E-state index in [0.29, 0.717) is 37.2 Å². The molecule has 2 N–H and O–H groups in total. The van der Waals surface area contributed by atoms with Crippen LogP contribution in [0, 0.1) is 46.3 Å². The third-order valence-corrected chi connectivity index (χ3v) is 11.8. The summed E-state index contributed by atoms with van der Waals surface area (Å²) in [5.41, 5.74) is 2.53. The lowest BCUT2D eigenvalue weighted by molar-refractivity contribution is -0.0512. The van der Waals surface area contributed by atoms with Gasteiger partial charge in [-0.3, -0.25) is 0 Å². The van der Waals surface area contributed by atoms with Gasteiger partial charge in [-0.2, -0.15) is 0 Å². The summed E-state index contributed by atoms with van der Waals surface area (Å²) in [4.78, 5) is 12.6. The van der Waals surface area contributed by atoms with Crippen LogP contribution in [0.15, 0.2) is 11.6 Å². The summed E-state index contributed by atoms with van der Waals surface area (Å²) in [6, 6.07) is 0.234. The van der Waals surface area contributed by atoms with Crippen molar-refractivity contribution in [1.29, 1.82) is 0 Å². The Hall–Kier alpha value is -1.07. The minimum atomic E-state index is -0.0253. The fraction of sp³-hybridized carbons (Fsp3) is 0.912. The molecule has 5 nitrogen and oxygen atoms in total. The standard InChI is InChI=1S/C34H60N2O3/c1-24(2)9-7-10-25(3)29-13-14-30-28-12-11-26-23-27(36-32(37)35-19-8-20-39-22-21-38-6)15-17-33(26,4)31(28)16-18-34(29,30)5/h11,24-25,27-31H,7-10,12-23H2,1-6H3,(H2,35,36,37)/t25?,27-,28-,29+,30-,31-,33-,34+/m0/s1. The van der Waals surface area contributed by atoms with E-state index < -0.39 is 0 Å². The molecule has 4 aliphatic rings. The monoisotopic (exact) mass is 544 g/mol. The summed E-state index contributed by atoms with van der Waals surface area (Å²) in [6.45, 7) is 15.1. The van der Waals surface area contributed by atoms with E-state index in [9.17, 15) is 4.79 Å². The molecule has 0 aromatic heterocycles. The van der Waals surface area contributed by atoms with Gasteiger partial charge in [-0.1, -0.05) is 65.5 Å². The lowest BCUT2D eigenvalue weighted by Gasteiger charge is -2.58. The van der Waals surface area contributed by atoms with Crippen LogP contribution in [0.2, 0.25) is 0 Å². The quantitative estimate of drug-likeness (QED) is 0.184. The van der Waals surface area contributed by atoms with Gasteiger partial charge >= 0.3 is 6.03 Å². The highest BCUT2D eigenvalue weighted by Gasteiger charge is 2.59. The summed E-state index contributed by atoms with van der Waals surface area (Å²) < 4.78 is 10.5. The number of amides is 2. The molecule has 8 atom stereocenters. The first-order chi connectivity index (χ1) is 18.7. The number of nitrogens with one attached hydrogen (secondary N) is 2. The summed E-state index contributed by atoms with van der Waals surface area (Å²) in [7, 11) is 1.68. The Morgan fingerprint density at radius 1 is 1.00 bits per heavy atom. The molecule has 0 bridgehead atoms. The first-order valence-electron chi connectivity index (χ1n) is 16.5. The largest absolute Gasteiger partial charge is 0.382 e. The van der Waals surface area contributed by atoms with Gasteiger partial charge in [0.1, 0.15) is 0 Å². The number of rotatable bonds is 13. The van der Waals surface area contributed by atoms with Gasteiger partial charge in [-0.15, -0.1) is 0 Å². The molecule has 0 aromatic rings. The fourth-order valence-electron chi connectivity index (χ4n) is 9.67. The van der Waals surface area contributed by atoms with Gasteiger partial charge < -0.3 is 20.1 Å². The van der Waals surface area contributed by atoms with Gasteiger partial charge in [0.25, 0.3) is 0 Å². The first-order valence-corrected chi connectivity index (χ1v) is 16.5. The van der Waals surface area contributed by atoms with Gasteiger partial charge in [0, 0.05) is 26.3 Å². The highest BCUT2D eigenvalue weighted by molar-refractivity contribution is 5.74. The maximum atomic E-state index is 12.6. The maximum absolute atomic E-state index is 12.6. The van der Waals surface area contributed by atoms with E-state index in [4.69, 9.17) is 9.47 Å². The van der Waals surface area contributed by atoms with E-state index in [-0.39, 0.29) is 12.1 Å². The van der Waals surface area contributed by atoms with Crippen molar-refractivity contribution >= 4 is 6.03 Å². The molecule has 3 fully saturated rings. The van der Waals surface area contributed by atoms with E-state index in [1.54, 1.807) is 12.7 Å². The van der Waals surface area contributed by atoms with E-state index in [0.717, 1.165) is 54.8 Å². The zero-order valence-corrected chi connectivity index (χ0v) is 26.2. The second-order valence-electron chi connectivity index (χ2n) is 14.6. The van der Waals surface area contributed by atoms with Crippen molar-refractivity contribution in [3.8, 4) is 0 Å². The fourth-order valence-corrected chi connectivity index (χ4v) is 9.67. The van der Waals surface area contributed by atoms with Crippen molar-refractivity contribution in [3.63, 3.8) is 0 Å². The van der Waals surface area contributed by atoms with E-state index in [2.05, 4.69) is 51.3 Å². The second-order valence-corrected chi connectivity index (χ2v) is 14.6. The molecule has 3 saturated carbocycles. The number of hydrogen-bond donors (Lipinski definition) is 2. The Morgan fingerprint density at radius 3 is 2.59 bits per heavy atom. The molecular weight excluding hydrogens is 484 g/mol. The van der Waals surface area contributed by atoms with Gasteiger partial charge in [-0.05, 0) is 104 Å². The second kappa shape index (κ2) is 13.7. The molecule has 224 valence electrons. The van der Waals surface area contributed by atoms with E-state index in [1.807, 2.05) is 0 Å².